The summed E-state index contributed by atoms with van der Waals surface area (Å²) >= 11 is 0. The highest BCUT2D eigenvalue weighted by Gasteiger charge is 2.28. The molecule has 40 heavy (non-hydrogen) atoms. The number of likely N-dealkylation sites (N-methyl/N-ethyl adjacent to an activating group) is 2. The molecule has 4 aromatic rings. The first-order valence-electron chi connectivity index (χ1n) is 13.3. The predicted octanol–water partition coefficient (Wildman–Crippen LogP) is 5.51. The van der Waals surface area contributed by atoms with Gasteiger partial charge in [0, 0.05) is 29.2 Å². The number of benzene rings is 3. The maximum absolute atomic E-state index is 13.5. The zero-order valence-electron chi connectivity index (χ0n) is 23.2. The van der Waals surface area contributed by atoms with Crippen LogP contribution >= 0.6 is 7.60 Å². The van der Waals surface area contributed by atoms with E-state index >= 15 is 0 Å². The molecule has 0 atom stereocenters. The number of nitrogens with one attached hydrogen (secondary N) is 2. The molecule has 1 aromatic heterocycles. The molecular formula is C30H35N4O5P. The summed E-state index contributed by atoms with van der Waals surface area (Å²) in [5.41, 5.74) is 3.79. The molecule has 0 aliphatic carbocycles. The largest absolute Gasteiger partial charge is 0.494 e. The molecule has 1 heterocycles. The molecular weight excluding hydrogens is 527 g/mol. The minimum atomic E-state index is -3.56. The fraction of sp³-hybridized carbons (Fsp3) is 0.267. The molecule has 0 radical (unpaired) electrons. The highest BCUT2D eigenvalue weighted by Crippen LogP contribution is 2.47. The van der Waals surface area contributed by atoms with E-state index in [9.17, 15) is 14.5 Å². The van der Waals surface area contributed by atoms with Crippen molar-refractivity contribution in [3.8, 4) is 5.88 Å². The van der Waals surface area contributed by atoms with E-state index in [0.717, 1.165) is 11.3 Å². The molecule has 0 aliphatic rings. The summed E-state index contributed by atoms with van der Waals surface area (Å²) in [5.74, 6) is -0.109. The van der Waals surface area contributed by atoms with Crippen molar-refractivity contribution >= 4 is 46.8 Å². The summed E-state index contributed by atoms with van der Waals surface area (Å²) in [7, 11) is -1.82. The van der Waals surface area contributed by atoms with Crippen LogP contribution in [0.2, 0.25) is 0 Å². The van der Waals surface area contributed by atoms with Crippen molar-refractivity contribution in [3.63, 3.8) is 0 Å². The van der Waals surface area contributed by atoms with Crippen LogP contribution in [0.3, 0.4) is 0 Å². The second-order valence-corrected chi connectivity index (χ2v) is 11.0. The Morgan fingerprint density at radius 3 is 2.30 bits per heavy atom. The number of hydrogen-bond donors (Lipinski definition) is 3. The van der Waals surface area contributed by atoms with Gasteiger partial charge in [-0.15, -0.1) is 0 Å². The zero-order valence-corrected chi connectivity index (χ0v) is 24.1. The van der Waals surface area contributed by atoms with E-state index in [4.69, 9.17) is 14.0 Å². The third kappa shape index (κ3) is 6.35. The molecule has 1 amide bonds. The lowest BCUT2D eigenvalue weighted by atomic mass is 10.0. The number of rotatable bonds is 12. The third-order valence-electron chi connectivity index (χ3n) is 6.34. The lowest BCUT2D eigenvalue weighted by Crippen LogP contribution is -2.35. The molecule has 4 rings (SSSR count). The van der Waals surface area contributed by atoms with Crippen LogP contribution in [0.1, 0.15) is 31.9 Å². The van der Waals surface area contributed by atoms with Gasteiger partial charge in [-0.05, 0) is 62.9 Å². The van der Waals surface area contributed by atoms with E-state index in [0.29, 0.717) is 39.7 Å². The van der Waals surface area contributed by atoms with Gasteiger partial charge < -0.3 is 29.4 Å². The van der Waals surface area contributed by atoms with Gasteiger partial charge in [-0.3, -0.25) is 9.36 Å². The number of amides is 1. The number of hydrogen-bond acceptors (Lipinski definition) is 7. The van der Waals surface area contributed by atoms with Crippen LogP contribution in [-0.2, 0) is 18.4 Å². The molecule has 0 bridgehead atoms. The fourth-order valence-corrected chi connectivity index (χ4v) is 5.93. The Hall–Kier alpha value is -3.75. The minimum Gasteiger partial charge on any atom is -0.494 e. The lowest BCUT2D eigenvalue weighted by Gasteiger charge is -2.18. The van der Waals surface area contributed by atoms with Gasteiger partial charge in [0.15, 0.2) is 5.88 Å². The van der Waals surface area contributed by atoms with Crippen LogP contribution in [0.5, 0.6) is 5.88 Å². The van der Waals surface area contributed by atoms with E-state index in [1.165, 1.54) is 0 Å². The van der Waals surface area contributed by atoms with Crippen molar-refractivity contribution in [1.29, 1.82) is 0 Å². The second kappa shape index (κ2) is 13.1. The van der Waals surface area contributed by atoms with Crippen molar-refractivity contribution in [1.82, 2.24) is 10.3 Å². The topological polar surface area (TPSA) is 116 Å². The maximum atomic E-state index is 13.5. The number of aromatic hydroxyl groups is 1. The zero-order chi connectivity index (χ0) is 28.7. The molecule has 3 N–H and O–H groups in total. The molecule has 9 nitrogen and oxygen atoms in total. The summed E-state index contributed by atoms with van der Waals surface area (Å²) in [4.78, 5) is 22.0. The Morgan fingerprint density at radius 1 is 1.00 bits per heavy atom. The molecule has 0 saturated carbocycles. The van der Waals surface area contributed by atoms with Crippen LogP contribution in [0, 0.1) is 0 Å². The van der Waals surface area contributed by atoms with Gasteiger partial charge in [-0.25, -0.2) is 4.99 Å². The highest BCUT2D eigenvalue weighted by molar-refractivity contribution is 7.62. The number of nitrogens with zero attached hydrogens (tertiary/aromatic N) is 2. The number of carbonyl (C=O) groups excluding carboxylic acids is 1. The van der Waals surface area contributed by atoms with E-state index in [-0.39, 0.29) is 31.5 Å². The summed E-state index contributed by atoms with van der Waals surface area (Å²) in [6.45, 7) is 6.90. The quantitative estimate of drug-likeness (QED) is 0.155. The van der Waals surface area contributed by atoms with E-state index in [1.807, 2.05) is 61.5 Å². The standard InChI is InChI=1S/C30H35N4O5P/c1-5-31-20-27(35)34(4)23-15-13-22(14-16-23)32-29(21-11-9-8-10-12-21)28-25-19-24(17-18-26(25)33-30(28)36)40(37,38-6-2)39-7-3/h8-19,31,33,36H,5-7,20H2,1-4H3. The van der Waals surface area contributed by atoms with Gasteiger partial charge in [0.05, 0.1) is 42.0 Å². The fourth-order valence-electron chi connectivity index (χ4n) is 4.34. The summed E-state index contributed by atoms with van der Waals surface area (Å²) in [6.07, 6.45) is 0. The summed E-state index contributed by atoms with van der Waals surface area (Å²) in [5, 5.41) is 15.1. The Morgan fingerprint density at radius 2 is 1.68 bits per heavy atom. The second-order valence-electron chi connectivity index (χ2n) is 8.99. The highest BCUT2D eigenvalue weighted by atomic mass is 31.2. The summed E-state index contributed by atoms with van der Waals surface area (Å²) < 4.78 is 24.6. The molecule has 3 aromatic carbocycles. The van der Waals surface area contributed by atoms with Gasteiger partial charge >= 0.3 is 7.60 Å². The third-order valence-corrected chi connectivity index (χ3v) is 8.45. The van der Waals surface area contributed by atoms with E-state index in [1.54, 1.807) is 44.0 Å². The monoisotopic (exact) mass is 562 g/mol. The Labute approximate surface area is 234 Å². The number of aromatic nitrogens is 1. The summed E-state index contributed by atoms with van der Waals surface area (Å²) in [6, 6.07) is 22.0. The minimum absolute atomic E-state index is 0.0426. The number of anilines is 1. The average molecular weight is 563 g/mol. The van der Waals surface area contributed by atoms with Gasteiger partial charge in [-0.2, -0.15) is 0 Å². The number of aliphatic imine (C=N–C) groups is 1. The van der Waals surface area contributed by atoms with Crippen molar-refractivity contribution in [2.24, 2.45) is 4.99 Å². The van der Waals surface area contributed by atoms with Crippen molar-refractivity contribution in [2.45, 2.75) is 20.8 Å². The Kier molecular flexibility index (Phi) is 9.55. The van der Waals surface area contributed by atoms with Crippen LogP contribution in [0.15, 0.2) is 77.8 Å². The Balaban J connectivity index is 1.82. The number of fused-ring (bicyclic) bond motifs is 1. The van der Waals surface area contributed by atoms with E-state index < -0.39 is 7.60 Å². The van der Waals surface area contributed by atoms with Gasteiger partial charge in [-0.1, -0.05) is 37.3 Å². The van der Waals surface area contributed by atoms with Crippen molar-refractivity contribution < 1.29 is 23.5 Å². The van der Waals surface area contributed by atoms with Crippen LogP contribution < -0.4 is 15.5 Å². The lowest BCUT2D eigenvalue weighted by molar-refractivity contribution is -0.117. The predicted molar refractivity (Wildman–Crippen MR) is 161 cm³/mol. The Bertz CT molecular complexity index is 1520. The van der Waals surface area contributed by atoms with Crippen LogP contribution in [0.25, 0.3) is 10.9 Å². The molecule has 0 unspecified atom stereocenters. The number of carbonyl (C=O) groups is 1. The SMILES string of the molecule is CCNCC(=O)N(C)c1ccc(N=C(c2ccccc2)c2c(O)[nH]c3ccc(P(=O)(OCC)OCC)cc23)cc1. The van der Waals surface area contributed by atoms with Gasteiger partial charge in [0.25, 0.3) is 0 Å². The van der Waals surface area contributed by atoms with Crippen LogP contribution in [0.4, 0.5) is 11.4 Å². The molecule has 0 fully saturated rings. The van der Waals surface area contributed by atoms with Crippen molar-refractivity contribution in [3.05, 3.63) is 83.9 Å². The average Bonchev–Trinajstić information content (AvgIpc) is 3.30. The molecule has 0 spiro atoms. The van der Waals surface area contributed by atoms with Crippen molar-refractivity contribution in [2.75, 3.05) is 38.3 Å². The molecule has 0 aliphatic heterocycles. The van der Waals surface area contributed by atoms with E-state index in [2.05, 4.69) is 10.3 Å². The van der Waals surface area contributed by atoms with Gasteiger partial charge in [0.1, 0.15) is 0 Å². The number of H-pyrrole nitrogens is 1. The first-order valence-corrected chi connectivity index (χ1v) is 14.8. The first-order chi connectivity index (χ1) is 19.3. The van der Waals surface area contributed by atoms with Crippen LogP contribution in [-0.4, -0.2) is 55.1 Å². The molecule has 0 saturated heterocycles. The number of aromatic amines is 1. The maximum Gasteiger partial charge on any atom is 0.361 e. The molecule has 210 valence electrons. The molecule has 10 heteroatoms. The smallest absolute Gasteiger partial charge is 0.361 e. The van der Waals surface area contributed by atoms with Gasteiger partial charge in [0.2, 0.25) is 5.91 Å². The normalized spacial score (nSPS) is 12.2. The first kappa shape index (κ1) is 29.2.